The number of hydrogen-bond donors (Lipinski definition) is 1. The lowest BCUT2D eigenvalue weighted by atomic mass is 9.67. The summed E-state index contributed by atoms with van der Waals surface area (Å²) in [5, 5.41) is 2.60. The number of amides is 1. The highest BCUT2D eigenvalue weighted by molar-refractivity contribution is 6.02. The summed E-state index contributed by atoms with van der Waals surface area (Å²) >= 11 is 0. The molecule has 30 heavy (non-hydrogen) atoms. The molecule has 2 bridgehead atoms. The fourth-order valence-corrected chi connectivity index (χ4v) is 5.40. The van der Waals surface area contributed by atoms with Crippen molar-refractivity contribution in [2.45, 2.75) is 44.2 Å². The lowest BCUT2D eigenvalue weighted by Gasteiger charge is -2.36. The molecule has 0 spiro atoms. The first kappa shape index (κ1) is 19.0. The van der Waals surface area contributed by atoms with Crippen molar-refractivity contribution in [2.75, 3.05) is 5.32 Å². The first-order chi connectivity index (χ1) is 14.2. The first-order valence-electron chi connectivity index (χ1n) is 9.91. The summed E-state index contributed by atoms with van der Waals surface area (Å²) in [6.07, 6.45) is -3.27. The van der Waals surface area contributed by atoms with Crippen molar-refractivity contribution in [1.29, 1.82) is 0 Å². The normalized spacial score (nSPS) is 24.1. The van der Waals surface area contributed by atoms with Crippen LogP contribution in [0.5, 0.6) is 0 Å². The Balaban J connectivity index is 1.64. The fraction of sp³-hybridized carbons (Fsp3) is 0.348. The molecule has 7 heteroatoms. The molecule has 0 aliphatic heterocycles. The number of anilines is 1. The molecular formula is C23H20F3N3O. The molecule has 154 valence electrons. The molecule has 2 aliphatic carbocycles. The molecule has 1 amide bonds. The lowest BCUT2D eigenvalue weighted by molar-refractivity contribution is -0.137. The van der Waals surface area contributed by atoms with Crippen LogP contribution in [0.4, 0.5) is 18.9 Å². The monoisotopic (exact) mass is 411 g/mol. The lowest BCUT2D eigenvalue weighted by Crippen LogP contribution is -2.47. The smallest absolute Gasteiger partial charge is 0.325 e. The van der Waals surface area contributed by atoms with Gasteiger partial charge in [-0.25, -0.2) is 9.97 Å². The van der Waals surface area contributed by atoms with Gasteiger partial charge >= 0.3 is 6.18 Å². The van der Waals surface area contributed by atoms with Gasteiger partial charge in [-0.3, -0.25) is 4.79 Å². The number of nitrogens with one attached hydrogen (secondary N) is 1. The maximum Gasteiger partial charge on any atom is 0.418 e. The Labute approximate surface area is 171 Å². The molecule has 1 fully saturated rings. The van der Waals surface area contributed by atoms with E-state index in [2.05, 4.69) is 5.32 Å². The molecule has 0 saturated heterocycles. The minimum atomic E-state index is -4.56. The minimum absolute atomic E-state index is 0.0354. The van der Waals surface area contributed by atoms with E-state index in [1.54, 1.807) is 0 Å². The SMILES string of the molecule is CC1(C)C2CCC1(C(=O)Nc1ccccc1C(F)(F)F)c1nc3ccccc3nc12. The molecule has 2 aromatic carbocycles. The van der Waals surface area contributed by atoms with Crippen molar-refractivity contribution in [3.05, 3.63) is 65.5 Å². The Kier molecular flexibility index (Phi) is 3.82. The number of alkyl halides is 3. The molecule has 1 aromatic heterocycles. The van der Waals surface area contributed by atoms with Crippen LogP contribution < -0.4 is 5.32 Å². The Hall–Kier alpha value is -2.96. The predicted molar refractivity (Wildman–Crippen MR) is 107 cm³/mol. The van der Waals surface area contributed by atoms with Gasteiger partial charge in [0.15, 0.2) is 0 Å². The van der Waals surface area contributed by atoms with Gasteiger partial charge in [0.25, 0.3) is 0 Å². The van der Waals surface area contributed by atoms with Crippen LogP contribution in [0.1, 0.15) is 49.6 Å². The molecule has 2 atom stereocenters. The van der Waals surface area contributed by atoms with E-state index in [1.165, 1.54) is 18.2 Å². The van der Waals surface area contributed by atoms with E-state index in [0.717, 1.165) is 23.7 Å². The molecule has 3 aromatic rings. The highest BCUT2D eigenvalue weighted by atomic mass is 19.4. The number of aromatic nitrogens is 2. The third kappa shape index (κ3) is 2.38. The topological polar surface area (TPSA) is 54.9 Å². The Morgan fingerprint density at radius 3 is 2.37 bits per heavy atom. The second-order valence-electron chi connectivity index (χ2n) is 8.66. The first-order valence-corrected chi connectivity index (χ1v) is 9.91. The van der Waals surface area contributed by atoms with Crippen LogP contribution in [-0.4, -0.2) is 15.9 Å². The van der Waals surface area contributed by atoms with E-state index in [-0.39, 0.29) is 11.6 Å². The summed E-state index contributed by atoms with van der Waals surface area (Å²) in [5.41, 5.74) is 0.219. The zero-order chi connectivity index (χ0) is 21.3. The van der Waals surface area contributed by atoms with Crippen LogP contribution >= 0.6 is 0 Å². The number of nitrogens with zero attached hydrogens (tertiary/aromatic N) is 2. The molecule has 4 nitrogen and oxygen atoms in total. The number of halogens is 3. The zero-order valence-electron chi connectivity index (χ0n) is 16.5. The van der Waals surface area contributed by atoms with Crippen molar-refractivity contribution in [1.82, 2.24) is 9.97 Å². The molecule has 1 saturated carbocycles. The van der Waals surface area contributed by atoms with Gasteiger partial charge in [-0.15, -0.1) is 0 Å². The van der Waals surface area contributed by atoms with Gasteiger partial charge in [0.1, 0.15) is 0 Å². The fourth-order valence-electron chi connectivity index (χ4n) is 5.40. The van der Waals surface area contributed by atoms with E-state index in [9.17, 15) is 18.0 Å². The van der Waals surface area contributed by atoms with E-state index in [1.807, 2.05) is 38.1 Å². The van der Waals surface area contributed by atoms with Gasteiger partial charge < -0.3 is 5.32 Å². The third-order valence-electron chi connectivity index (χ3n) is 6.98. The molecule has 0 radical (unpaired) electrons. The summed E-state index contributed by atoms with van der Waals surface area (Å²) in [6, 6.07) is 12.5. The van der Waals surface area contributed by atoms with Gasteiger partial charge in [-0.1, -0.05) is 38.1 Å². The Morgan fingerprint density at radius 2 is 1.67 bits per heavy atom. The number of rotatable bonds is 2. The number of carbonyl (C=O) groups is 1. The number of carbonyl (C=O) groups excluding carboxylic acids is 1. The second-order valence-corrected chi connectivity index (χ2v) is 8.66. The maximum atomic E-state index is 13.6. The maximum absolute atomic E-state index is 13.6. The molecule has 2 unspecified atom stereocenters. The Bertz CT molecular complexity index is 1190. The average molecular weight is 411 g/mol. The van der Waals surface area contributed by atoms with Gasteiger partial charge in [0, 0.05) is 5.92 Å². The van der Waals surface area contributed by atoms with Crippen LogP contribution in [-0.2, 0) is 16.4 Å². The van der Waals surface area contributed by atoms with Crippen molar-refractivity contribution in [2.24, 2.45) is 5.41 Å². The number of fused-ring (bicyclic) bond motifs is 6. The highest BCUT2D eigenvalue weighted by Crippen LogP contribution is 2.67. The van der Waals surface area contributed by atoms with E-state index >= 15 is 0 Å². The summed E-state index contributed by atoms with van der Waals surface area (Å²) < 4.78 is 40.4. The number of hydrogen-bond acceptors (Lipinski definition) is 3. The van der Waals surface area contributed by atoms with Crippen molar-refractivity contribution in [3.8, 4) is 0 Å². The molecule has 5 rings (SSSR count). The minimum Gasteiger partial charge on any atom is -0.325 e. The van der Waals surface area contributed by atoms with Crippen LogP contribution in [0, 0.1) is 5.41 Å². The van der Waals surface area contributed by atoms with Crippen LogP contribution in [0.15, 0.2) is 48.5 Å². The van der Waals surface area contributed by atoms with Gasteiger partial charge in [0.05, 0.1) is 39.1 Å². The third-order valence-corrected chi connectivity index (χ3v) is 6.98. The predicted octanol–water partition coefficient (Wildman–Crippen LogP) is 5.44. The molecular weight excluding hydrogens is 391 g/mol. The quantitative estimate of drug-likeness (QED) is 0.611. The summed E-state index contributed by atoms with van der Waals surface area (Å²) in [7, 11) is 0. The van der Waals surface area contributed by atoms with Gasteiger partial charge in [0.2, 0.25) is 5.91 Å². The molecule has 1 heterocycles. The standard InChI is InChI=1S/C23H20F3N3O/c1-21(2)14-11-12-22(21,19-18(14)27-16-9-5-6-10-17(16)28-19)20(30)29-15-8-4-3-7-13(15)23(24,25)26/h3-10,14H,11-12H2,1-2H3,(H,29,30). The van der Waals surface area contributed by atoms with Crippen molar-refractivity contribution >= 4 is 22.6 Å². The zero-order valence-corrected chi connectivity index (χ0v) is 16.5. The number of benzene rings is 2. The second kappa shape index (κ2) is 6.03. The molecule has 2 aliphatic rings. The summed E-state index contributed by atoms with van der Waals surface area (Å²) in [6.45, 7) is 3.99. The molecule has 1 N–H and O–H groups in total. The van der Waals surface area contributed by atoms with E-state index in [4.69, 9.17) is 9.97 Å². The van der Waals surface area contributed by atoms with Crippen molar-refractivity contribution < 1.29 is 18.0 Å². The van der Waals surface area contributed by atoms with E-state index < -0.39 is 28.5 Å². The highest BCUT2D eigenvalue weighted by Gasteiger charge is 2.68. The van der Waals surface area contributed by atoms with E-state index in [0.29, 0.717) is 17.6 Å². The summed E-state index contributed by atoms with van der Waals surface area (Å²) in [4.78, 5) is 23.2. The average Bonchev–Trinajstić information content (AvgIpc) is 3.07. The van der Waals surface area contributed by atoms with Crippen LogP contribution in [0.25, 0.3) is 11.0 Å². The largest absolute Gasteiger partial charge is 0.418 e. The van der Waals surface area contributed by atoms with Gasteiger partial charge in [-0.05, 0) is 42.5 Å². The summed E-state index contributed by atoms with van der Waals surface area (Å²) in [5.74, 6) is -0.414. The van der Waals surface area contributed by atoms with Crippen LogP contribution in [0.3, 0.4) is 0 Å². The van der Waals surface area contributed by atoms with Crippen molar-refractivity contribution in [3.63, 3.8) is 0 Å². The van der Waals surface area contributed by atoms with Gasteiger partial charge in [-0.2, -0.15) is 13.2 Å². The Morgan fingerprint density at radius 1 is 1.03 bits per heavy atom. The van der Waals surface area contributed by atoms with Crippen LogP contribution in [0.2, 0.25) is 0 Å². The number of para-hydroxylation sites is 3.